The summed E-state index contributed by atoms with van der Waals surface area (Å²) in [6, 6.07) is 3.79. The van der Waals surface area contributed by atoms with Crippen LogP contribution in [0.2, 0.25) is 0 Å². The van der Waals surface area contributed by atoms with Crippen molar-refractivity contribution in [2.24, 2.45) is 0 Å². The standard InChI is InChI=1S/C14H21N3O2/c1-14(2,3)19-13(18)9-17-7-6-11-10(8-17)4-5-12(15)16-11/h4-5H,6-9H2,1-3H3,(H2,15,16). The molecule has 0 aliphatic carbocycles. The van der Waals surface area contributed by atoms with Crippen LogP contribution in [0.4, 0.5) is 5.82 Å². The van der Waals surface area contributed by atoms with Crippen molar-refractivity contribution < 1.29 is 9.53 Å². The van der Waals surface area contributed by atoms with E-state index in [1.807, 2.05) is 26.8 Å². The van der Waals surface area contributed by atoms with Gasteiger partial charge in [-0.05, 0) is 32.4 Å². The molecule has 104 valence electrons. The van der Waals surface area contributed by atoms with E-state index in [2.05, 4.69) is 9.88 Å². The first kappa shape index (κ1) is 13.8. The number of aromatic nitrogens is 1. The molecular weight excluding hydrogens is 242 g/mol. The molecule has 2 rings (SSSR count). The molecule has 0 radical (unpaired) electrons. The first-order chi connectivity index (χ1) is 8.83. The third-order valence-corrected chi connectivity index (χ3v) is 2.92. The van der Waals surface area contributed by atoms with Crippen LogP contribution in [0.3, 0.4) is 0 Å². The van der Waals surface area contributed by atoms with Crippen LogP contribution in [0, 0.1) is 0 Å². The molecule has 0 aromatic carbocycles. The summed E-state index contributed by atoms with van der Waals surface area (Å²) in [5, 5.41) is 0. The van der Waals surface area contributed by atoms with Crippen LogP contribution < -0.4 is 5.73 Å². The van der Waals surface area contributed by atoms with Crippen LogP contribution in [0.25, 0.3) is 0 Å². The minimum atomic E-state index is -0.430. The minimum absolute atomic E-state index is 0.181. The van der Waals surface area contributed by atoms with Gasteiger partial charge in [0.2, 0.25) is 0 Å². The van der Waals surface area contributed by atoms with Gasteiger partial charge in [-0.1, -0.05) is 6.07 Å². The second-order valence-electron chi connectivity index (χ2n) is 5.89. The number of pyridine rings is 1. The molecule has 0 amide bonds. The van der Waals surface area contributed by atoms with Gasteiger partial charge in [-0.3, -0.25) is 9.69 Å². The fourth-order valence-electron chi connectivity index (χ4n) is 2.18. The maximum atomic E-state index is 11.8. The van der Waals surface area contributed by atoms with Gasteiger partial charge in [0.15, 0.2) is 0 Å². The van der Waals surface area contributed by atoms with Gasteiger partial charge >= 0.3 is 5.97 Å². The molecule has 5 nitrogen and oxygen atoms in total. The summed E-state index contributed by atoms with van der Waals surface area (Å²) in [6.45, 7) is 7.49. The fraction of sp³-hybridized carbons (Fsp3) is 0.571. The van der Waals surface area contributed by atoms with E-state index in [1.165, 1.54) is 0 Å². The molecular formula is C14H21N3O2. The van der Waals surface area contributed by atoms with Gasteiger partial charge in [-0.25, -0.2) is 4.98 Å². The second kappa shape index (κ2) is 5.17. The smallest absolute Gasteiger partial charge is 0.320 e. The number of rotatable bonds is 2. The minimum Gasteiger partial charge on any atom is -0.459 e. The molecule has 2 N–H and O–H groups in total. The molecule has 0 unspecified atom stereocenters. The first-order valence-electron chi connectivity index (χ1n) is 6.52. The van der Waals surface area contributed by atoms with Crippen molar-refractivity contribution in [1.29, 1.82) is 0 Å². The highest BCUT2D eigenvalue weighted by Gasteiger charge is 2.22. The highest BCUT2D eigenvalue weighted by molar-refractivity contribution is 5.72. The van der Waals surface area contributed by atoms with Crippen LogP contribution >= 0.6 is 0 Å². The Balaban J connectivity index is 1.95. The topological polar surface area (TPSA) is 68.5 Å². The normalized spacial score (nSPS) is 15.9. The lowest BCUT2D eigenvalue weighted by molar-refractivity contribution is -0.156. The molecule has 1 aromatic rings. The van der Waals surface area contributed by atoms with Crippen molar-refractivity contribution >= 4 is 11.8 Å². The number of hydrogen-bond donors (Lipinski definition) is 1. The van der Waals surface area contributed by atoms with Gasteiger partial charge in [0.1, 0.15) is 11.4 Å². The third kappa shape index (κ3) is 3.92. The van der Waals surface area contributed by atoms with Crippen LogP contribution in [-0.4, -0.2) is 34.5 Å². The molecule has 2 heterocycles. The predicted molar refractivity (Wildman–Crippen MR) is 73.5 cm³/mol. The summed E-state index contributed by atoms with van der Waals surface area (Å²) >= 11 is 0. The monoisotopic (exact) mass is 263 g/mol. The first-order valence-corrected chi connectivity index (χ1v) is 6.52. The van der Waals surface area contributed by atoms with E-state index in [-0.39, 0.29) is 5.97 Å². The molecule has 0 fully saturated rings. The van der Waals surface area contributed by atoms with Crippen molar-refractivity contribution in [3.63, 3.8) is 0 Å². The summed E-state index contributed by atoms with van der Waals surface area (Å²) in [4.78, 5) is 18.2. The number of nitrogens with zero attached hydrogens (tertiary/aromatic N) is 2. The van der Waals surface area contributed by atoms with Gasteiger partial charge in [-0.2, -0.15) is 0 Å². The molecule has 1 aliphatic rings. The Morgan fingerprint density at radius 2 is 2.21 bits per heavy atom. The molecule has 0 atom stereocenters. The van der Waals surface area contributed by atoms with Crippen molar-refractivity contribution in [2.45, 2.75) is 39.3 Å². The summed E-state index contributed by atoms with van der Waals surface area (Å²) in [6.07, 6.45) is 0.823. The SMILES string of the molecule is CC(C)(C)OC(=O)CN1CCc2nc(N)ccc2C1. The molecule has 19 heavy (non-hydrogen) atoms. The summed E-state index contributed by atoms with van der Waals surface area (Å²) in [7, 11) is 0. The lowest BCUT2D eigenvalue weighted by Gasteiger charge is -2.28. The van der Waals surface area contributed by atoms with Crippen molar-refractivity contribution in [2.75, 3.05) is 18.8 Å². The maximum Gasteiger partial charge on any atom is 0.320 e. The average Bonchev–Trinajstić information content (AvgIpc) is 2.26. The van der Waals surface area contributed by atoms with E-state index >= 15 is 0 Å². The molecule has 1 aliphatic heterocycles. The second-order valence-corrected chi connectivity index (χ2v) is 5.89. The number of carbonyl (C=O) groups is 1. The van der Waals surface area contributed by atoms with E-state index in [9.17, 15) is 4.79 Å². The molecule has 1 aromatic heterocycles. The molecule has 0 saturated heterocycles. The van der Waals surface area contributed by atoms with E-state index in [4.69, 9.17) is 10.5 Å². The number of carbonyl (C=O) groups excluding carboxylic acids is 1. The summed E-state index contributed by atoms with van der Waals surface area (Å²) in [5.74, 6) is 0.374. The summed E-state index contributed by atoms with van der Waals surface area (Å²) in [5.41, 5.74) is 7.42. The number of fused-ring (bicyclic) bond motifs is 1. The Bertz CT molecular complexity index is 480. The van der Waals surface area contributed by atoms with E-state index in [0.29, 0.717) is 12.4 Å². The van der Waals surface area contributed by atoms with Gasteiger partial charge in [0, 0.05) is 25.2 Å². The Labute approximate surface area is 113 Å². The van der Waals surface area contributed by atoms with E-state index in [1.54, 1.807) is 6.07 Å². The van der Waals surface area contributed by atoms with Crippen molar-refractivity contribution in [3.8, 4) is 0 Å². The molecule has 5 heteroatoms. The van der Waals surface area contributed by atoms with Crippen LogP contribution in [-0.2, 0) is 22.5 Å². The van der Waals surface area contributed by atoms with Crippen LogP contribution in [0.1, 0.15) is 32.0 Å². The lowest BCUT2D eigenvalue weighted by Crippen LogP contribution is -2.38. The number of anilines is 1. The molecule has 0 saturated carbocycles. The zero-order valence-corrected chi connectivity index (χ0v) is 11.8. The fourth-order valence-corrected chi connectivity index (χ4v) is 2.18. The van der Waals surface area contributed by atoms with Gasteiger partial charge < -0.3 is 10.5 Å². The van der Waals surface area contributed by atoms with E-state index < -0.39 is 5.60 Å². The van der Waals surface area contributed by atoms with Crippen molar-refractivity contribution in [3.05, 3.63) is 23.4 Å². The Morgan fingerprint density at radius 3 is 2.89 bits per heavy atom. The number of ether oxygens (including phenoxy) is 1. The van der Waals surface area contributed by atoms with Gasteiger partial charge in [0.05, 0.1) is 6.54 Å². The van der Waals surface area contributed by atoms with Gasteiger partial charge in [0.25, 0.3) is 0 Å². The zero-order chi connectivity index (χ0) is 14.0. The number of nitrogens with two attached hydrogens (primary N) is 1. The Hall–Kier alpha value is -1.62. The predicted octanol–water partition coefficient (Wildman–Crippen LogP) is 1.36. The highest BCUT2D eigenvalue weighted by Crippen LogP contribution is 2.18. The zero-order valence-electron chi connectivity index (χ0n) is 11.8. The van der Waals surface area contributed by atoms with Gasteiger partial charge in [-0.15, -0.1) is 0 Å². The third-order valence-electron chi connectivity index (χ3n) is 2.92. The number of esters is 1. The summed E-state index contributed by atoms with van der Waals surface area (Å²) < 4.78 is 5.33. The maximum absolute atomic E-state index is 11.8. The lowest BCUT2D eigenvalue weighted by atomic mass is 10.1. The quantitative estimate of drug-likeness (QED) is 0.816. The molecule has 0 bridgehead atoms. The Kier molecular flexibility index (Phi) is 3.75. The highest BCUT2D eigenvalue weighted by atomic mass is 16.6. The Morgan fingerprint density at radius 1 is 1.47 bits per heavy atom. The van der Waals surface area contributed by atoms with Crippen LogP contribution in [0.5, 0.6) is 0 Å². The van der Waals surface area contributed by atoms with E-state index in [0.717, 1.165) is 30.8 Å². The van der Waals surface area contributed by atoms with Crippen LogP contribution in [0.15, 0.2) is 12.1 Å². The largest absolute Gasteiger partial charge is 0.459 e. The van der Waals surface area contributed by atoms with Crippen molar-refractivity contribution in [1.82, 2.24) is 9.88 Å². The molecule has 0 spiro atoms. The number of nitrogen functional groups attached to an aromatic ring is 1. The number of hydrogen-bond acceptors (Lipinski definition) is 5. The average molecular weight is 263 g/mol.